The van der Waals surface area contributed by atoms with Crippen LogP contribution in [-0.4, -0.2) is 48.4 Å². The topological polar surface area (TPSA) is 101 Å². The molecule has 0 bridgehead atoms. The summed E-state index contributed by atoms with van der Waals surface area (Å²) in [6, 6.07) is -0.364. The third-order valence-electron chi connectivity index (χ3n) is 3.85. The molecule has 2 atom stereocenters. The summed E-state index contributed by atoms with van der Waals surface area (Å²) in [6.07, 6.45) is 5.51. The first-order valence-corrected chi connectivity index (χ1v) is 7.56. The number of amides is 2. The fourth-order valence-corrected chi connectivity index (χ4v) is 2.62. The van der Waals surface area contributed by atoms with Crippen LogP contribution < -0.4 is 16.8 Å². The average Bonchev–Trinajstić information content (AvgIpc) is 2.45. The van der Waals surface area contributed by atoms with Crippen molar-refractivity contribution < 1.29 is 9.59 Å². The number of likely N-dealkylation sites (tertiary alicyclic amines) is 1. The Morgan fingerprint density at radius 1 is 1.35 bits per heavy atom. The molecule has 0 spiro atoms. The zero-order chi connectivity index (χ0) is 15.0. The maximum Gasteiger partial charge on any atom is 0.236 e. The van der Waals surface area contributed by atoms with E-state index < -0.39 is 6.04 Å². The highest BCUT2D eigenvalue weighted by Crippen LogP contribution is 2.16. The minimum Gasteiger partial charge on any atom is -0.353 e. The van der Waals surface area contributed by atoms with Crippen molar-refractivity contribution in [1.82, 2.24) is 10.2 Å². The maximum atomic E-state index is 11.9. The maximum absolute atomic E-state index is 11.9. The molecule has 0 aliphatic carbocycles. The molecule has 1 aliphatic heterocycles. The summed E-state index contributed by atoms with van der Waals surface area (Å²) in [7, 11) is 0. The lowest BCUT2D eigenvalue weighted by Gasteiger charge is -2.35. The normalized spacial score (nSPS) is 20.6. The summed E-state index contributed by atoms with van der Waals surface area (Å²) < 4.78 is 0. The second-order valence-corrected chi connectivity index (χ2v) is 5.50. The molecule has 1 heterocycles. The van der Waals surface area contributed by atoms with Crippen LogP contribution in [0.5, 0.6) is 0 Å². The van der Waals surface area contributed by atoms with E-state index >= 15 is 0 Å². The van der Waals surface area contributed by atoms with Gasteiger partial charge in [-0.1, -0.05) is 6.42 Å². The zero-order valence-corrected chi connectivity index (χ0v) is 12.4. The van der Waals surface area contributed by atoms with E-state index in [4.69, 9.17) is 11.5 Å². The number of unbranched alkanes of at least 4 members (excludes halogenated alkanes) is 1. The number of nitrogens with one attached hydrogen (secondary N) is 1. The molecule has 1 saturated heterocycles. The lowest BCUT2D eigenvalue weighted by molar-refractivity contribution is -0.133. The van der Waals surface area contributed by atoms with Crippen LogP contribution in [0, 0.1) is 0 Å². The standard InChI is InChI=1S/C14H28N4O2/c1-11(19)18-9-5-3-6-12(18)10-17-14(20)13(16)7-2-4-8-15/h12-13H,2-10,15-16H2,1H3,(H,17,20)/t12?,13-/m0/s1. The molecular formula is C14H28N4O2. The Balaban J connectivity index is 2.33. The smallest absolute Gasteiger partial charge is 0.236 e. The first-order valence-electron chi connectivity index (χ1n) is 7.56. The van der Waals surface area contributed by atoms with E-state index in [1.807, 2.05) is 4.90 Å². The van der Waals surface area contributed by atoms with E-state index in [-0.39, 0.29) is 17.9 Å². The van der Waals surface area contributed by atoms with E-state index in [9.17, 15) is 9.59 Å². The van der Waals surface area contributed by atoms with Gasteiger partial charge in [-0.2, -0.15) is 0 Å². The van der Waals surface area contributed by atoms with Crippen molar-refractivity contribution in [2.45, 2.75) is 57.5 Å². The van der Waals surface area contributed by atoms with Gasteiger partial charge in [-0.25, -0.2) is 0 Å². The van der Waals surface area contributed by atoms with E-state index in [2.05, 4.69) is 5.32 Å². The molecule has 1 fully saturated rings. The van der Waals surface area contributed by atoms with Crippen LogP contribution in [0.2, 0.25) is 0 Å². The van der Waals surface area contributed by atoms with Crippen molar-refractivity contribution >= 4 is 11.8 Å². The van der Waals surface area contributed by atoms with Crippen molar-refractivity contribution in [3.8, 4) is 0 Å². The number of hydrogen-bond donors (Lipinski definition) is 3. The van der Waals surface area contributed by atoms with Crippen LogP contribution in [0.1, 0.15) is 45.4 Å². The largest absolute Gasteiger partial charge is 0.353 e. The minimum absolute atomic E-state index is 0.0798. The summed E-state index contributed by atoms with van der Waals surface area (Å²) in [5, 5.41) is 2.87. The second kappa shape index (κ2) is 8.92. The van der Waals surface area contributed by atoms with E-state index in [0.717, 1.165) is 38.6 Å². The molecule has 20 heavy (non-hydrogen) atoms. The second-order valence-electron chi connectivity index (χ2n) is 5.50. The molecule has 6 heteroatoms. The van der Waals surface area contributed by atoms with E-state index in [1.54, 1.807) is 6.92 Å². The molecule has 116 valence electrons. The monoisotopic (exact) mass is 284 g/mol. The molecule has 0 saturated carbocycles. The highest BCUT2D eigenvalue weighted by Gasteiger charge is 2.25. The van der Waals surface area contributed by atoms with Crippen LogP contribution in [0.25, 0.3) is 0 Å². The fraction of sp³-hybridized carbons (Fsp3) is 0.857. The van der Waals surface area contributed by atoms with Crippen molar-refractivity contribution in [2.75, 3.05) is 19.6 Å². The SMILES string of the molecule is CC(=O)N1CCCCC1CNC(=O)[C@@H](N)CCCCN. The van der Waals surface area contributed by atoms with E-state index in [0.29, 0.717) is 19.5 Å². The number of nitrogens with zero attached hydrogens (tertiary/aromatic N) is 1. The number of carbonyl (C=O) groups excluding carboxylic acids is 2. The summed E-state index contributed by atoms with van der Waals surface area (Å²) in [5.74, 6) is -0.0488. The van der Waals surface area contributed by atoms with Crippen LogP contribution in [0.15, 0.2) is 0 Å². The molecule has 0 aromatic heterocycles. The number of carbonyl (C=O) groups is 2. The predicted molar refractivity (Wildman–Crippen MR) is 78.9 cm³/mol. The molecule has 5 N–H and O–H groups in total. The van der Waals surface area contributed by atoms with Crippen molar-refractivity contribution in [2.24, 2.45) is 11.5 Å². The molecular weight excluding hydrogens is 256 g/mol. The summed E-state index contributed by atoms with van der Waals surface area (Å²) in [5.41, 5.74) is 11.2. The summed E-state index contributed by atoms with van der Waals surface area (Å²) >= 11 is 0. The number of nitrogens with two attached hydrogens (primary N) is 2. The molecule has 0 aromatic carbocycles. The molecule has 0 aromatic rings. The van der Waals surface area contributed by atoms with Gasteiger partial charge in [0.15, 0.2) is 0 Å². The zero-order valence-electron chi connectivity index (χ0n) is 12.4. The Labute approximate surface area is 121 Å². The van der Waals surface area contributed by atoms with Crippen molar-refractivity contribution in [3.05, 3.63) is 0 Å². The quantitative estimate of drug-likeness (QED) is 0.571. The van der Waals surface area contributed by atoms with Gasteiger partial charge in [0.2, 0.25) is 11.8 Å². The van der Waals surface area contributed by atoms with Gasteiger partial charge < -0.3 is 21.7 Å². The fourth-order valence-electron chi connectivity index (χ4n) is 2.62. The molecule has 2 amide bonds. The van der Waals surface area contributed by atoms with Gasteiger partial charge in [0, 0.05) is 26.1 Å². The highest BCUT2D eigenvalue weighted by molar-refractivity contribution is 5.81. The van der Waals surface area contributed by atoms with Crippen LogP contribution in [-0.2, 0) is 9.59 Å². The molecule has 0 radical (unpaired) electrons. The lowest BCUT2D eigenvalue weighted by Crippen LogP contribution is -2.51. The first-order chi connectivity index (χ1) is 9.56. The number of piperidine rings is 1. The van der Waals surface area contributed by atoms with Crippen molar-refractivity contribution in [3.63, 3.8) is 0 Å². The minimum atomic E-state index is -0.476. The Morgan fingerprint density at radius 2 is 2.10 bits per heavy atom. The summed E-state index contributed by atoms with van der Waals surface area (Å²) in [6.45, 7) is 3.50. The Bertz CT molecular complexity index is 322. The van der Waals surface area contributed by atoms with Gasteiger partial charge in [-0.15, -0.1) is 0 Å². The van der Waals surface area contributed by atoms with Gasteiger partial charge in [-0.05, 0) is 38.6 Å². The third kappa shape index (κ3) is 5.46. The van der Waals surface area contributed by atoms with Crippen LogP contribution in [0.3, 0.4) is 0 Å². The lowest BCUT2D eigenvalue weighted by atomic mass is 10.0. The predicted octanol–water partition coefficient (Wildman–Crippen LogP) is -0.0401. The van der Waals surface area contributed by atoms with Gasteiger partial charge in [0.1, 0.15) is 0 Å². The van der Waals surface area contributed by atoms with Gasteiger partial charge in [0.05, 0.1) is 6.04 Å². The molecule has 1 aliphatic rings. The summed E-state index contributed by atoms with van der Waals surface area (Å²) in [4.78, 5) is 25.3. The first kappa shape index (κ1) is 16.9. The number of rotatable bonds is 7. The number of hydrogen-bond acceptors (Lipinski definition) is 4. The van der Waals surface area contributed by atoms with Gasteiger partial charge in [0.25, 0.3) is 0 Å². The third-order valence-corrected chi connectivity index (χ3v) is 3.85. The highest BCUT2D eigenvalue weighted by atomic mass is 16.2. The van der Waals surface area contributed by atoms with E-state index in [1.165, 1.54) is 0 Å². The Hall–Kier alpha value is -1.14. The average molecular weight is 284 g/mol. The molecule has 6 nitrogen and oxygen atoms in total. The molecule has 1 rings (SSSR count). The van der Waals surface area contributed by atoms with Gasteiger partial charge in [-0.3, -0.25) is 9.59 Å². The Kier molecular flexibility index (Phi) is 7.54. The van der Waals surface area contributed by atoms with Gasteiger partial charge >= 0.3 is 0 Å². The molecule has 1 unspecified atom stereocenters. The van der Waals surface area contributed by atoms with Crippen molar-refractivity contribution in [1.29, 1.82) is 0 Å². The van der Waals surface area contributed by atoms with Crippen LogP contribution in [0.4, 0.5) is 0 Å². The van der Waals surface area contributed by atoms with Crippen LogP contribution >= 0.6 is 0 Å². The Morgan fingerprint density at radius 3 is 2.75 bits per heavy atom.